The highest BCUT2D eigenvalue weighted by Gasteiger charge is 2.13. The fraction of sp³-hybridized carbons (Fsp3) is 0.250. The molecule has 4 N–H and O–H groups in total. The van der Waals surface area contributed by atoms with Crippen LogP contribution in [0, 0.1) is 0 Å². The van der Waals surface area contributed by atoms with Gasteiger partial charge >= 0.3 is 0 Å². The smallest absolute Gasteiger partial charge is 0.296 e. The average Bonchev–Trinajstić information content (AvgIpc) is 2.07. The first kappa shape index (κ1) is 10.8. The highest BCUT2D eigenvalue weighted by atomic mass is 32.2. The SMILES string of the molecule is CCNc1ccc(N)c(S(=O)(=O)O)c1. The third-order valence-corrected chi connectivity index (χ3v) is 2.58. The average molecular weight is 216 g/mol. The zero-order chi connectivity index (χ0) is 10.8. The van der Waals surface area contributed by atoms with E-state index in [-0.39, 0.29) is 10.6 Å². The number of rotatable bonds is 3. The quantitative estimate of drug-likeness (QED) is 0.516. The van der Waals surface area contributed by atoms with Crippen LogP contribution in [0.15, 0.2) is 23.1 Å². The summed E-state index contributed by atoms with van der Waals surface area (Å²) in [4.78, 5) is -0.268. The van der Waals surface area contributed by atoms with Gasteiger partial charge in [0.15, 0.2) is 0 Å². The van der Waals surface area contributed by atoms with E-state index in [0.717, 1.165) is 0 Å². The molecule has 78 valence electrons. The van der Waals surface area contributed by atoms with Crippen molar-refractivity contribution >= 4 is 21.5 Å². The standard InChI is InChI=1S/C8H12N2O3S/c1-2-10-6-3-4-7(9)8(5-6)14(11,12)13/h3-5,10H,2,9H2,1H3,(H,11,12,13). The zero-order valence-electron chi connectivity index (χ0n) is 7.69. The predicted octanol–water partition coefficient (Wildman–Crippen LogP) is 0.947. The second kappa shape index (κ2) is 3.85. The monoisotopic (exact) mass is 216 g/mol. The van der Waals surface area contributed by atoms with Gasteiger partial charge in [-0.05, 0) is 25.1 Å². The Hall–Kier alpha value is -1.27. The molecule has 0 aliphatic carbocycles. The predicted molar refractivity (Wildman–Crippen MR) is 54.8 cm³/mol. The Morgan fingerprint density at radius 3 is 2.64 bits per heavy atom. The van der Waals surface area contributed by atoms with Crippen LogP contribution in [0.2, 0.25) is 0 Å². The van der Waals surface area contributed by atoms with E-state index in [0.29, 0.717) is 12.2 Å². The molecule has 0 aliphatic rings. The number of nitrogens with two attached hydrogens (primary N) is 1. The van der Waals surface area contributed by atoms with Crippen molar-refractivity contribution in [3.63, 3.8) is 0 Å². The molecule has 0 unspecified atom stereocenters. The summed E-state index contributed by atoms with van der Waals surface area (Å²) in [5.74, 6) is 0. The lowest BCUT2D eigenvalue weighted by molar-refractivity contribution is 0.483. The van der Waals surface area contributed by atoms with Crippen LogP contribution in [0.1, 0.15) is 6.92 Å². The molecule has 1 aromatic carbocycles. The van der Waals surface area contributed by atoms with Gasteiger partial charge in [-0.3, -0.25) is 4.55 Å². The Morgan fingerprint density at radius 1 is 1.50 bits per heavy atom. The van der Waals surface area contributed by atoms with Crippen molar-refractivity contribution in [1.82, 2.24) is 0 Å². The number of benzene rings is 1. The van der Waals surface area contributed by atoms with Crippen LogP contribution in [0.25, 0.3) is 0 Å². The van der Waals surface area contributed by atoms with Crippen LogP contribution >= 0.6 is 0 Å². The van der Waals surface area contributed by atoms with E-state index >= 15 is 0 Å². The van der Waals surface area contributed by atoms with Crippen LogP contribution in [0.5, 0.6) is 0 Å². The minimum atomic E-state index is -4.24. The summed E-state index contributed by atoms with van der Waals surface area (Å²) in [5, 5.41) is 2.92. The van der Waals surface area contributed by atoms with Gasteiger partial charge in [-0.25, -0.2) is 0 Å². The summed E-state index contributed by atoms with van der Waals surface area (Å²) >= 11 is 0. The molecule has 0 atom stereocenters. The van der Waals surface area contributed by atoms with Crippen molar-refractivity contribution in [3.05, 3.63) is 18.2 Å². The van der Waals surface area contributed by atoms with E-state index in [2.05, 4.69) is 5.32 Å². The largest absolute Gasteiger partial charge is 0.398 e. The summed E-state index contributed by atoms with van der Waals surface area (Å²) in [5.41, 5.74) is 6.05. The first-order valence-electron chi connectivity index (χ1n) is 4.06. The molecule has 0 aliphatic heterocycles. The van der Waals surface area contributed by atoms with Gasteiger partial charge < -0.3 is 11.1 Å². The van der Waals surface area contributed by atoms with Crippen LogP contribution < -0.4 is 11.1 Å². The second-order valence-electron chi connectivity index (χ2n) is 2.76. The van der Waals surface area contributed by atoms with E-state index in [9.17, 15) is 8.42 Å². The lowest BCUT2D eigenvalue weighted by Gasteiger charge is -2.06. The second-order valence-corrected chi connectivity index (χ2v) is 4.15. The summed E-state index contributed by atoms with van der Waals surface area (Å²) in [6, 6.07) is 4.38. The summed E-state index contributed by atoms with van der Waals surface area (Å²) in [6.45, 7) is 2.54. The molecule has 0 spiro atoms. The first-order valence-corrected chi connectivity index (χ1v) is 5.50. The van der Waals surface area contributed by atoms with Gasteiger partial charge in [0.05, 0.1) is 5.69 Å². The lowest BCUT2D eigenvalue weighted by atomic mass is 10.3. The Balaban J connectivity index is 3.22. The van der Waals surface area contributed by atoms with Gasteiger partial charge in [0.25, 0.3) is 10.1 Å². The number of nitrogens with one attached hydrogen (secondary N) is 1. The van der Waals surface area contributed by atoms with Crippen LogP contribution in [0.4, 0.5) is 11.4 Å². The van der Waals surface area contributed by atoms with E-state index in [4.69, 9.17) is 10.3 Å². The fourth-order valence-corrected chi connectivity index (χ4v) is 1.71. The summed E-state index contributed by atoms with van der Waals surface area (Å²) in [6.07, 6.45) is 0. The molecule has 14 heavy (non-hydrogen) atoms. The number of hydrogen-bond donors (Lipinski definition) is 3. The number of anilines is 2. The molecule has 5 nitrogen and oxygen atoms in total. The van der Waals surface area contributed by atoms with Crippen LogP contribution in [-0.4, -0.2) is 19.5 Å². The molecule has 0 amide bonds. The Morgan fingerprint density at radius 2 is 2.14 bits per heavy atom. The number of nitrogen functional groups attached to an aromatic ring is 1. The molecular weight excluding hydrogens is 204 g/mol. The molecular formula is C8H12N2O3S. The maximum absolute atomic E-state index is 10.9. The zero-order valence-corrected chi connectivity index (χ0v) is 8.50. The van der Waals surface area contributed by atoms with Crippen LogP contribution in [0.3, 0.4) is 0 Å². The molecule has 0 bridgehead atoms. The van der Waals surface area contributed by atoms with Crippen molar-refractivity contribution in [1.29, 1.82) is 0 Å². The molecule has 1 rings (SSSR count). The minimum Gasteiger partial charge on any atom is -0.398 e. The Labute approximate surface area is 82.7 Å². The summed E-state index contributed by atoms with van der Waals surface area (Å²) in [7, 11) is -4.24. The maximum Gasteiger partial charge on any atom is 0.296 e. The van der Waals surface area contributed by atoms with Gasteiger partial charge in [-0.2, -0.15) is 8.42 Å². The highest BCUT2D eigenvalue weighted by molar-refractivity contribution is 7.86. The molecule has 0 aromatic heterocycles. The van der Waals surface area contributed by atoms with E-state index < -0.39 is 10.1 Å². The topological polar surface area (TPSA) is 92.4 Å². The highest BCUT2D eigenvalue weighted by Crippen LogP contribution is 2.22. The third-order valence-electron chi connectivity index (χ3n) is 1.67. The van der Waals surface area contributed by atoms with Crippen molar-refractivity contribution in [2.45, 2.75) is 11.8 Å². The first-order chi connectivity index (χ1) is 6.45. The molecule has 0 saturated heterocycles. The van der Waals surface area contributed by atoms with E-state index in [1.165, 1.54) is 12.1 Å². The lowest BCUT2D eigenvalue weighted by Crippen LogP contribution is -2.05. The van der Waals surface area contributed by atoms with Crippen LogP contribution in [-0.2, 0) is 10.1 Å². The Kier molecular flexibility index (Phi) is 2.97. The van der Waals surface area contributed by atoms with E-state index in [1.54, 1.807) is 6.07 Å². The molecule has 1 aromatic rings. The van der Waals surface area contributed by atoms with Gasteiger partial charge in [-0.1, -0.05) is 0 Å². The normalized spacial score (nSPS) is 11.3. The minimum absolute atomic E-state index is 0.0363. The Bertz CT molecular complexity index is 428. The molecule has 6 heteroatoms. The van der Waals surface area contributed by atoms with Crippen molar-refractivity contribution in [2.24, 2.45) is 0 Å². The van der Waals surface area contributed by atoms with Crippen molar-refractivity contribution < 1.29 is 13.0 Å². The van der Waals surface area contributed by atoms with E-state index in [1.807, 2.05) is 6.92 Å². The molecule has 0 heterocycles. The molecule has 0 saturated carbocycles. The molecule has 0 fully saturated rings. The van der Waals surface area contributed by atoms with Gasteiger partial charge in [0.2, 0.25) is 0 Å². The van der Waals surface area contributed by atoms with Gasteiger partial charge in [-0.15, -0.1) is 0 Å². The summed E-state index contributed by atoms with van der Waals surface area (Å²) < 4.78 is 30.5. The van der Waals surface area contributed by atoms with Crippen molar-refractivity contribution in [3.8, 4) is 0 Å². The van der Waals surface area contributed by atoms with Crippen molar-refractivity contribution in [2.75, 3.05) is 17.6 Å². The molecule has 0 radical (unpaired) electrons. The third kappa shape index (κ3) is 2.36. The van der Waals surface area contributed by atoms with Gasteiger partial charge in [0.1, 0.15) is 4.90 Å². The maximum atomic E-state index is 10.9. The fourth-order valence-electron chi connectivity index (χ4n) is 1.07. The number of hydrogen-bond acceptors (Lipinski definition) is 4. The van der Waals surface area contributed by atoms with Gasteiger partial charge in [0, 0.05) is 12.2 Å².